The van der Waals surface area contributed by atoms with E-state index in [2.05, 4.69) is 5.32 Å². The second-order valence-electron chi connectivity index (χ2n) is 8.12. The molecule has 1 N–H and O–H groups in total. The number of nitrogens with zero attached hydrogens (tertiary/aromatic N) is 3. The summed E-state index contributed by atoms with van der Waals surface area (Å²) in [5.41, 5.74) is 1.52. The van der Waals surface area contributed by atoms with Crippen molar-refractivity contribution in [3.05, 3.63) is 54.6 Å². The molecule has 32 heavy (non-hydrogen) atoms. The lowest BCUT2D eigenvalue weighted by Crippen LogP contribution is -2.52. The lowest BCUT2D eigenvalue weighted by atomic mass is 10.1. The molecule has 2 aliphatic heterocycles. The van der Waals surface area contributed by atoms with Crippen LogP contribution in [-0.2, 0) is 14.4 Å². The molecule has 3 amide bonds. The fraction of sp³-hybridized carbons (Fsp3) is 0.375. The SMILES string of the molecule is COc1cccc(N2C[C@H](C(=O)N3CCN(CC(=O)Nc4ccccc4)CC3)CC2=O)c1. The monoisotopic (exact) mass is 436 g/mol. The van der Waals surface area contributed by atoms with E-state index in [1.165, 1.54) is 0 Å². The molecule has 168 valence electrons. The maximum atomic E-state index is 13.0. The molecule has 0 saturated carbocycles. The van der Waals surface area contributed by atoms with Gasteiger partial charge >= 0.3 is 0 Å². The Morgan fingerprint density at radius 3 is 2.50 bits per heavy atom. The van der Waals surface area contributed by atoms with Crippen LogP contribution < -0.4 is 15.0 Å². The first-order valence-corrected chi connectivity index (χ1v) is 10.8. The number of nitrogens with one attached hydrogen (secondary N) is 1. The van der Waals surface area contributed by atoms with Gasteiger partial charge in [0.05, 0.1) is 19.6 Å². The number of rotatable bonds is 6. The molecule has 2 aliphatic rings. The Bertz CT molecular complexity index is 973. The normalized spacial score (nSPS) is 19.2. The summed E-state index contributed by atoms with van der Waals surface area (Å²) in [6.07, 6.45) is 0.218. The van der Waals surface area contributed by atoms with Crippen LogP contribution in [0.5, 0.6) is 5.75 Å². The molecule has 2 fully saturated rings. The van der Waals surface area contributed by atoms with Crippen molar-refractivity contribution in [1.29, 1.82) is 0 Å². The highest BCUT2D eigenvalue weighted by Crippen LogP contribution is 2.29. The molecule has 8 heteroatoms. The van der Waals surface area contributed by atoms with Crippen LogP contribution in [0.3, 0.4) is 0 Å². The summed E-state index contributed by atoms with van der Waals surface area (Å²) in [6.45, 7) is 3.05. The van der Waals surface area contributed by atoms with E-state index in [9.17, 15) is 14.4 Å². The molecule has 2 aromatic carbocycles. The fourth-order valence-electron chi connectivity index (χ4n) is 4.21. The van der Waals surface area contributed by atoms with Gasteiger partial charge in [0.2, 0.25) is 17.7 Å². The van der Waals surface area contributed by atoms with Crippen LogP contribution in [0.25, 0.3) is 0 Å². The topological polar surface area (TPSA) is 82.2 Å². The second-order valence-corrected chi connectivity index (χ2v) is 8.12. The molecule has 2 aromatic rings. The largest absolute Gasteiger partial charge is 0.497 e. The van der Waals surface area contributed by atoms with E-state index >= 15 is 0 Å². The molecule has 0 radical (unpaired) electrons. The average Bonchev–Trinajstić information content (AvgIpc) is 3.21. The van der Waals surface area contributed by atoms with Gasteiger partial charge in [-0.2, -0.15) is 0 Å². The van der Waals surface area contributed by atoms with Crippen molar-refractivity contribution < 1.29 is 19.1 Å². The molecule has 0 spiro atoms. The number of methoxy groups -OCH3 is 1. The van der Waals surface area contributed by atoms with Crippen molar-refractivity contribution in [3.8, 4) is 5.75 Å². The van der Waals surface area contributed by atoms with Gasteiger partial charge in [-0.05, 0) is 24.3 Å². The van der Waals surface area contributed by atoms with Gasteiger partial charge in [-0.15, -0.1) is 0 Å². The maximum absolute atomic E-state index is 13.0. The van der Waals surface area contributed by atoms with Gasteiger partial charge in [-0.3, -0.25) is 19.3 Å². The van der Waals surface area contributed by atoms with Crippen LogP contribution in [0.1, 0.15) is 6.42 Å². The Labute approximate surface area is 187 Å². The van der Waals surface area contributed by atoms with Crippen LogP contribution in [0.2, 0.25) is 0 Å². The number of carbonyl (C=O) groups excluding carboxylic acids is 3. The van der Waals surface area contributed by atoms with Gasteiger partial charge in [0.15, 0.2) is 0 Å². The highest BCUT2D eigenvalue weighted by atomic mass is 16.5. The van der Waals surface area contributed by atoms with Gasteiger partial charge in [-0.1, -0.05) is 24.3 Å². The number of ether oxygens (including phenoxy) is 1. The van der Waals surface area contributed by atoms with E-state index in [1.54, 1.807) is 12.0 Å². The lowest BCUT2D eigenvalue weighted by Gasteiger charge is -2.35. The molecule has 4 rings (SSSR count). The minimum absolute atomic E-state index is 0.0112. The molecule has 2 heterocycles. The van der Waals surface area contributed by atoms with Gasteiger partial charge < -0.3 is 19.9 Å². The molecule has 0 unspecified atom stereocenters. The highest BCUT2D eigenvalue weighted by Gasteiger charge is 2.38. The zero-order valence-corrected chi connectivity index (χ0v) is 18.2. The Morgan fingerprint density at radius 2 is 1.78 bits per heavy atom. The molecule has 2 saturated heterocycles. The summed E-state index contributed by atoms with van der Waals surface area (Å²) in [7, 11) is 1.59. The van der Waals surface area contributed by atoms with Crippen molar-refractivity contribution in [1.82, 2.24) is 9.80 Å². The summed E-state index contributed by atoms with van der Waals surface area (Å²) in [4.78, 5) is 43.4. The minimum atomic E-state index is -0.346. The third kappa shape index (κ3) is 5.08. The molecular formula is C24H28N4O4. The quantitative estimate of drug-likeness (QED) is 0.747. The molecule has 1 atom stereocenters. The Kier molecular flexibility index (Phi) is 6.70. The average molecular weight is 437 g/mol. The van der Waals surface area contributed by atoms with Crippen LogP contribution >= 0.6 is 0 Å². The highest BCUT2D eigenvalue weighted by molar-refractivity contribution is 6.00. The first-order valence-electron chi connectivity index (χ1n) is 10.8. The summed E-state index contributed by atoms with van der Waals surface area (Å²) in [6, 6.07) is 16.7. The summed E-state index contributed by atoms with van der Waals surface area (Å²) >= 11 is 0. The first kappa shape index (κ1) is 21.8. The Morgan fingerprint density at radius 1 is 1.03 bits per heavy atom. The molecule has 0 bridgehead atoms. The Balaban J connectivity index is 1.27. The van der Waals surface area contributed by atoms with E-state index in [0.29, 0.717) is 45.0 Å². The summed E-state index contributed by atoms with van der Waals surface area (Å²) < 4.78 is 5.24. The van der Waals surface area contributed by atoms with Gasteiger partial charge in [0.25, 0.3) is 0 Å². The van der Waals surface area contributed by atoms with Crippen molar-refractivity contribution in [2.24, 2.45) is 5.92 Å². The fourth-order valence-corrected chi connectivity index (χ4v) is 4.21. The van der Waals surface area contributed by atoms with Crippen LogP contribution in [-0.4, -0.2) is 73.9 Å². The van der Waals surface area contributed by atoms with Crippen molar-refractivity contribution in [2.75, 3.05) is 56.6 Å². The number of para-hydroxylation sites is 1. The lowest BCUT2D eigenvalue weighted by molar-refractivity contribution is -0.137. The maximum Gasteiger partial charge on any atom is 0.238 e. The number of anilines is 2. The molecule has 0 aromatic heterocycles. The number of hydrogen-bond donors (Lipinski definition) is 1. The van der Waals surface area contributed by atoms with Crippen molar-refractivity contribution >= 4 is 29.1 Å². The molecule has 8 nitrogen and oxygen atoms in total. The number of carbonyl (C=O) groups is 3. The smallest absolute Gasteiger partial charge is 0.238 e. The summed E-state index contributed by atoms with van der Waals surface area (Å²) in [5, 5.41) is 2.89. The van der Waals surface area contributed by atoms with Crippen LogP contribution in [0, 0.1) is 5.92 Å². The molecular weight excluding hydrogens is 408 g/mol. The van der Waals surface area contributed by atoms with Crippen LogP contribution in [0.4, 0.5) is 11.4 Å². The zero-order valence-electron chi connectivity index (χ0n) is 18.2. The number of benzene rings is 2. The van der Waals surface area contributed by atoms with Crippen molar-refractivity contribution in [3.63, 3.8) is 0 Å². The van der Waals surface area contributed by atoms with E-state index < -0.39 is 0 Å². The molecule has 0 aliphatic carbocycles. The standard InChI is InChI=1S/C24H28N4O4/c1-32-21-9-5-8-20(15-21)28-16-18(14-23(28)30)24(31)27-12-10-26(11-13-27)17-22(29)25-19-6-3-2-4-7-19/h2-9,15,18H,10-14,16-17H2,1H3,(H,25,29)/t18-/m1/s1. The minimum Gasteiger partial charge on any atom is -0.497 e. The third-order valence-corrected chi connectivity index (χ3v) is 5.95. The third-order valence-electron chi connectivity index (χ3n) is 5.95. The van der Waals surface area contributed by atoms with Gasteiger partial charge in [0.1, 0.15) is 5.75 Å². The van der Waals surface area contributed by atoms with Crippen molar-refractivity contribution in [2.45, 2.75) is 6.42 Å². The van der Waals surface area contributed by atoms with Crippen LogP contribution in [0.15, 0.2) is 54.6 Å². The predicted molar refractivity (Wildman–Crippen MR) is 122 cm³/mol. The number of hydrogen-bond acceptors (Lipinski definition) is 5. The van der Waals surface area contributed by atoms with E-state index in [-0.39, 0.29) is 30.1 Å². The second kappa shape index (κ2) is 9.82. The first-order chi connectivity index (χ1) is 15.5. The van der Waals surface area contributed by atoms with E-state index in [1.807, 2.05) is 64.4 Å². The van der Waals surface area contributed by atoms with Gasteiger partial charge in [0, 0.05) is 56.6 Å². The van der Waals surface area contributed by atoms with E-state index in [4.69, 9.17) is 4.74 Å². The number of piperazine rings is 1. The van der Waals surface area contributed by atoms with Gasteiger partial charge in [-0.25, -0.2) is 0 Å². The Hall–Kier alpha value is -3.39. The number of amides is 3. The van der Waals surface area contributed by atoms with E-state index in [0.717, 1.165) is 11.4 Å². The predicted octanol–water partition coefficient (Wildman–Crippen LogP) is 1.83. The summed E-state index contributed by atoms with van der Waals surface area (Å²) in [5.74, 6) is 0.232. The zero-order chi connectivity index (χ0) is 22.5.